The minimum Gasteiger partial charge on any atom is -0.241 e. The number of nitrogens with zero attached hydrogens (tertiary/aromatic N) is 4. The van der Waals surface area contributed by atoms with Gasteiger partial charge < -0.3 is 0 Å². The van der Waals surface area contributed by atoms with E-state index in [0.717, 1.165) is 0 Å². The molecule has 0 aliphatic carbocycles. The number of nitrogens with two attached hydrogens (primary N) is 1. The smallest absolute Gasteiger partial charge is 0.238 e. The number of benzene rings is 1. The molecule has 2 aromatic rings. The molecule has 1 aromatic heterocycles. The van der Waals surface area contributed by atoms with Crippen molar-refractivity contribution in [3.05, 3.63) is 42.0 Å². The van der Waals surface area contributed by atoms with E-state index in [9.17, 15) is 8.42 Å². The van der Waals surface area contributed by atoms with Crippen LogP contribution in [-0.4, -0.2) is 18.4 Å². The van der Waals surface area contributed by atoms with Crippen LogP contribution in [0.4, 0.5) is 0 Å². The Balaban J connectivity index is 2.81. The van der Waals surface area contributed by atoms with Gasteiger partial charge >= 0.3 is 0 Å². The van der Waals surface area contributed by atoms with E-state index in [2.05, 4.69) is 20.2 Å². The fourth-order valence-corrected chi connectivity index (χ4v) is 2.79. The molecule has 0 unspecified atom stereocenters. The number of aryl methyl sites for hydroxylation is 1. The molecular weight excluding hydrogens is 306 g/mol. The molecule has 0 aliphatic heterocycles. The van der Waals surface area contributed by atoms with E-state index in [-0.39, 0.29) is 10.5 Å². The van der Waals surface area contributed by atoms with Gasteiger partial charge in [-0.3, -0.25) is 0 Å². The van der Waals surface area contributed by atoms with Gasteiger partial charge in [-0.15, -0.1) is 0 Å². The van der Waals surface area contributed by atoms with Crippen LogP contribution < -0.4 is 5.14 Å². The van der Waals surface area contributed by atoms with Gasteiger partial charge in [0, 0.05) is 23.5 Å². The van der Waals surface area contributed by atoms with Crippen LogP contribution >= 0.6 is 0 Å². The van der Waals surface area contributed by atoms with Crippen LogP contribution in [0.3, 0.4) is 0 Å². The first-order chi connectivity index (χ1) is 10.4. The molecule has 1 aromatic carbocycles. The van der Waals surface area contributed by atoms with Crippen molar-refractivity contribution in [1.82, 2.24) is 9.97 Å². The number of primary sulfonamides is 1. The Hall–Kier alpha value is -2.59. The quantitative estimate of drug-likeness (QED) is 0.721. The van der Waals surface area contributed by atoms with Gasteiger partial charge in [-0.25, -0.2) is 34.6 Å². The number of nitrogens with one attached hydrogen (secondary N) is 2. The van der Waals surface area contributed by atoms with Crippen molar-refractivity contribution in [3.8, 4) is 11.1 Å². The summed E-state index contributed by atoms with van der Waals surface area (Å²) < 4.78 is 23.5. The predicted molar refractivity (Wildman–Crippen MR) is 76.6 cm³/mol. The molecule has 2 rings (SSSR count). The van der Waals surface area contributed by atoms with Crippen molar-refractivity contribution in [1.29, 1.82) is 11.1 Å². The standard InChI is InChI=1S/C12H13N7O2S/c1-7-16-5-8(6-17-7)9-3-2-4-10(22(15,20)21)11(9)12(18-13)19-14/h2-6,12-14H,1H3,(H2,15,20,21). The Morgan fingerprint density at radius 2 is 1.77 bits per heavy atom. The normalized spacial score (nSPS) is 12.6. The molecule has 0 saturated carbocycles. The van der Waals surface area contributed by atoms with Crippen LogP contribution in [0.15, 0.2) is 45.7 Å². The van der Waals surface area contributed by atoms with Gasteiger partial charge in [0.2, 0.25) is 16.2 Å². The zero-order chi connectivity index (χ0) is 16.3. The second-order valence-electron chi connectivity index (χ2n) is 4.41. The summed E-state index contributed by atoms with van der Waals surface area (Å²) in [6, 6.07) is 4.40. The Labute approximate surface area is 126 Å². The van der Waals surface area contributed by atoms with E-state index in [4.69, 9.17) is 16.2 Å². The van der Waals surface area contributed by atoms with Crippen LogP contribution in [-0.2, 0) is 10.0 Å². The maximum Gasteiger partial charge on any atom is 0.238 e. The molecule has 10 heteroatoms. The van der Waals surface area contributed by atoms with Gasteiger partial charge in [0.05, 0.1) is 4.90 Å². The van der Waals surface area contributed by atoms with Crippen molar-refractivity contribution in [2.45, 2.75) is 18.0 Å². The van der Waals surface area contributed by atoms with Gasteiger partial charge in [-0.1, -0.05) is 12.1 Å². The molecule has 0 spiro atoms. The second-order valence-corrected chi connectivity index (χ2v) is 5.94. The van der Waals surface area contributed by atoms with Crippen LogP contribution in [0, 0.1) is 18.0 Å². The summed E-state index contributed by atoms with van der Waals surface area (Å²) in [5.41, 5.74) is 15.3. The number of hydrogen-bond donors (Lipinski definition) is 3. The van der Waals surface area contributed by atoms with Crippen molar-refractivity contribution in [3.63, 3.8) is 0 Å². The fourth-order valence-electron chi connectivity index (χ4n) is 2.00. The summed E-state index contributed by atoms with van der Waals surface area (Å²) in [7, 11) is -4.06. The molecule has 0 atom stereocenters. The van der Waals surface area contributed by atoms with Crippen LogP contribution in [0.5, 0.6) is 0 Å². The third-order valence-electron chi connectivity index (χ3n) is 2.97. The topological polar surface area (TPSA) is 158 Å². The summed E-state index contributed by atoms with van der Waals surface area (Å²) in [5, 5.41) is 11.6. The molecule has 1 heterocycles. The average molecular weight is 319 g/mol. The minimum atomic E-state index is -4.06. The Morgan fingerprint density at radius 1 is 1.18 bits per heavy atom. The minimum absolute atomic E-state index is 0.0578. The van der Waals surface area contributed by atoms with E-state index < -0.39 is 16.2 Å². The average Bonchev–Trinajstić information content (AvgIpc) is 2.48. The highest BCUT2D eigenvalue weighted by molar-refractivity contribution is 7.89. The molecule has 4 N–H and O–H groups in total. The van der Waals surface area contributed by atoms with Gasteiger partial charge in [-0.2, -0.15) is 10.2 Å². The highest BCUT2D eigenvalue weighted by Crippen LogP contribution is 2.34. The monoisotopic (exact) mass is 319 g/mol. The number of sulfonamides is 1. The predicted octanol–water partition coefficient (Wildman–Crippen LogP) is 2.16. The molecule has 9 nitrogen and oxygen atoms in total. The van der Waals surface area contributed by atoms with E-state index in [1.165, 1.54) is 24.5 Å². The van der Waals surface area contributed by atoms with E-state index in [1.807, 2.05) is 0 Å². The van der Waals surface area contributed by atoms with E-state index >= 15 is 0 Å². The first kappa shape index (κ1) is 15.8. The second kappa shape index (κ2) is 6.03. The maximum atomic E-state index is 11.8. The molecule has 0 amide bonds. The van der Waals surface area contributed by atoms with Gasteiger partial charge in [0.15, 0.2) is 0 Å². The highest BCUT2D eigenvalue weighted by Gasteiger charge is 2.24. The summed E-state index contributed by atoms with van der Waals surface area (Å²) in [4.78, 5) is 7.87. The van der Waals surface area contributed by atoms with Gasteiger partial charge in [0.25, 0.3) is 0 Å². The number of aromatic nitrogens is 2. The first-order valence-electron chi connectivity index (χ1n) is 6.06. The van der Waals surface area contributed by atoms with E-state index in [0.29, 0.717) is 17.0 Å². The van der Waals surface area contributed by atoms with Crippen LogP contribution in [0.25, 0.3) is 11.1 Å². The molecular formula is C12H13N7O2S. The zero-order valence-electron chi connectivity index (χ0n) is 11.6. The molecule has 0 aliphatic rings. The molecule has 0 radical (unpaired) electrons. The third kappa shape index (κ3) is 3.02. The SMILES string of the molecule is Cc1ncc(-c2cccc(S(N)(=O)=O)c2C(N=N)N=N)cn1. The lowest BCUT2D eigenvalue weighted by Gasteiger charge is -2.15. The van der Waals surface area contributed by atoms with Crippen molar-refractivity contribution in [2.24, 2.45) is 15.4 Å². The lowest BCUT2D eigenvalue weighted by Crippen LogP contribution is -2.16. The van der Waals surface area contributed by atoms with Gasteiger partial charge in [0.1, 0.15) is 5.82 Å². The largest absolute Gasteiger partial charge is 0.241 e. The molecule has 22 heavy (non-hydrogen) atoms. The lowest BCUT2D eigenvalue weighted by molar-refractivity contribution is 0.589. The molecule has 0 bridgehead atoms. The summed E-state index contributed by atoms with van der Waals surface area (Å²) in [6.07, 6.45) is 1.73. The first-order valence-corrected chi connectivity index (χ1v) is 7.61. The third-order valence-corrected chi connectivity index (χ3v) is 3.94. The molecule has 0 fully saturated rings. The van der Waals surface area contributed by atoms with Crippen molar-refractivity contribution >= 4 is 10.0 Å². The fraction of sp³-hybridized carbons (Fsp3) is 0.167. The Kier molecular flexibility index (Phi) is 4.33. The summed E-state index contributed by atoms with van der Waals surface area (Å²) in [6.45, 7) is 1.71. The maximum absolute atomic E-state index is 11.8. The van der Waals surface area contributed by atoms with Crippen LogP contribution in [0.1, 0.15) is 17.6 Å². The van der Waals surface area contributed by atoms with Gasteiger partial charge in [-0.05, 0) is 18.6 Å². The van der Waals surface area contributed by atoms with E-state index in [1.54, 1.807) is 13.0 Å². The molecule has 0 saturated heterocycles. The lowest BCUT2D eigenvalue weighted by atomic mass is 10.0. The number of hydrogen-bond acceptors (Lipinski definition) is 8. The highest BCUT2D eigenvalue weighted by atomic mass is 32.2. The van der Waals surface area contributed by atoms with Crippen molar-refractivity contribution in [2.75, 3.05) is 0 Å². The Morgan fingerprint density at radius 3 is 2.27 bits per heavy atom. The Bertz CT molecular complexity index is 810. The van der Waals surface area contributed by atoms with Crippen molar-refractivity contribution < 1.29 is 8.42 Å². The zero-order valence-corrected chi connectivity index (χ0v) is 12.4. The van der Waals surface area contributed by atoms with Crippen LogP contribution in [0.2, 0.25) is 0 Å². The summed E-state index contributed by atoms with van der Waals surface area (Å²) in [5.74, 6) is 0.555. The molecule has 114 valence electrons. The number of rotatable bonds is 5. The summed E-state index contributed by atoms with van der Waals surface area (Å²) >= 11 is 0.